The average molecular weight is 395 g/mol. The van der Waals surface area contributed by atoms with E-state index in [1.165, 1.54) is 22.8 Å². The van der Waals surface area contributed by atoms with E-state index >= 15 is 0 Å². The van der Waals surface area contributed by atoms with Crippen LogP contribution in [-0.2, 0) is 0 Å². The molecule has 0 amide bonds. The van der Waals surface area contributed by atoms with Gasteiger partial charge in [-0.15, -0.1) is 0 Å². The predicted molar refractivity (Wildman–Crippen MR) is 125 cm³/mol. The van der Waals surface area contributed by atoms with Gasteiger partial charge in [0.25, 0.3) is 0 Å². The van der Waals surface area contributed by atoms with Gasteiger partial charge in [0.2, 0.25) is 0 Å². The Kier molecular flexibility index (Phi) is 5.06. The van der Waals surface area contributed by atoms with Gasteiger partial charge in [0.15, 0.2) is 5.78 Å². The fourth-order valence-electron chi connectivity index (χ4n) is 5.98. The molecule has 4 atom stereocenters. The number of fused-ring (bicyclic) bond motifs is 2. The van der Waals surface area contributed by atoms with E-state index in [1.54, 1.807) is 11.1 Å². The Bertz CT molecular complexity index is 1110. The molecule has 2 aliphatic carbocycles. The lowest BCUT2D eigenvalue weighted by atomic mass is 9.82. The summed E-state index contributed by atoms with van der Waals surface area (Å²) in [5.74, 6) is 1.81. The lowest BCUT2D eigenvalue weighted by Gasteiger charge is -2.22. The van der Waals surface area contributed by atoms with E-state index < -0.39 is 0 Å². The van der Waals surface area contributed by atoms with Crippen LogP contribution in [0, 0.1) is 17.8 Å². The molecule has 0 radical (unpaired) electrons. The van der Waals surface area contributed by atoms with Crippen molar-refractivity contribution in [2.45, 2.75) is 45.4 Å². The Morgan fingerprint density at radius 3 is 2.17 bits per heavy atom. The first-order valence-corrected chi connectivity index (χ1v) is 11.5. The van der Waals surface area contributed by atoms with Crippen LogP contribution in [0.4, 0.5) is 0 Å². The van der Waals surface area contributed by atoms with Gasteiger partial charge >= 0.3 is 0 Å². The Hall–Kier alpha value is -2.67. The first kappa shape index (κ1) is 19.3. The summed E-state index contributed by atoms with van der Waals surface area (Å²) in [6.45, 7) is 4.55. The topological polar surface area (TPSA) is 17.1 Å². The lowest BCUT2D eigenvalue weighted by molar-refractivity contribution is 0.0955. The van der Waals surface area contributed by atoms with Crippen LogP contribution in [-0.4, -0.2) is 5.78 Å². The fourth-order valence-corrected chi connectivity index (χ4v) is 5.98. The first-order valence-electron chi connectivity index (χ1n) is 11.5. The first-order chi connectivity index (χ1) is 14.7. The van der Waals surface area contributed by atoms with Gasteiger partial charge in [-0.25, -0.2) is 0 Å². The zero-order chi connectivity index (χ0) is 20.7. The summed E-state index contributed by atoms with van der Waals surface area (Å²) >= 11 is 0. The smallest absolute Gasteiger partial charge is 0.166 e. The van der Waals surface area contributed by atoms with Crippen molar-refractivity contribution in [3.8, 4) is 0 Å². The van der Waals surface area contributed by atoms with Crippen molar-refractivity contribution in [3.63, 3.8) is 0 Å². The minimum Gasteiger partial charge on any atom is -0.294 e. The van der Waals surface area contributed by atoms with E-state index in [4.69, 9.17) is 0 Å². The normalized spacial score (nSPS) is 24.9. The Labute approximate surface area is 179 Å². The number of allylic oxidation sites excluding steroid dienone is 2. The van der Waals surface area contributed by atoms with Gasteiger partial charge in [-0.2, -0.15) is 0 Å². The third-order valence-electron chi connectivity index (χ3n) is 7.18. The molecule has 0 aliphatic heterocycles. The maximum atomic E-state index is 13.4. The number of hydrogen-bond acceptors (Lipinski definition) is 1. The average Bonchev–Trinajstić information content (AvgIpc) is 3.43. The molecule has 5 rings (SSSR count). The summed E-state index contributed by atoms with van der Waals surface area (Å²) in [6, 6.07) is 25.5. The minimum atomic E-state index is 0.158. The fraction of sp³-hybridized carbons (Fsp3) is 0.345. The maximum absolute atomic E-state index is 13.4. The number of rotatable bonds is 7. The number of ketones is 1. The second-order valence-electron chi connectivity index (χ2n) is 8.99. The highest BCUT2D eigenvalue weighted by Crippen LogP contribution is 2.68. The predicted octanol–water partition coefficient (Wildman–Crippen LogP) is 7.58. The summed E-state index contributed by atoms with van der Waals surface area (Å²) in [5.41, 5.74) is 5.53. The van der Waals surface area contributed by atoms with Crippen molar-refractivity contribution in [2.75, 3.05) is 0 Å². The molecule has 1 nitrogen and oxygen atoms in total. The summed E-state index contributed by atoms with van der Waals surface area (Å²) in [6.07, 6.45) is 4.62. The molecule has 3 aromatic carbocycles. The zero-order valence-corrected chi connectivity index (χ0v) is 18.0. The molecule has 1 fully saturated rings. The summed E-state index contributed by atoms with van der Waals surface area (Å²) in [7, 11) is 0. The SMILES string of the molecule is CCCC1=C(CCC)[C@@H](c2ccc3ccccc3c2)[C@H]2[C@H](C(=O)c3ccccc3)[C@@H]12. The highest BCUT2D eigenvalue weighted by atomic mass is 16.1. The molecular weight excluding hydrogens is 364 g/mol. The minimum absolute atomic E-state index is 0.158. The molecule has 0 saturated heterocycles. The standard InChI is InChI=1S/C29H30O/c1-3-10-23-24(11-4-2)26-27(28(26)29(30)20-13-6-5-7-14-20)25(23)22-17-16-19-12-8-9-15-21(19)18-22/h5-9,12-18,25-28H,3-4,10-11H2,1-2H3/t25-,26+,27-,28-/m1/s1. The highest BCUT2D eigenvalue weighted by Gasteiger charge is 2.64. The zero-order valence-electron chi connectivity index (χ0n) is 18.0. The van der Waals surface area contributed by atoms with Crippen LogP contribution in [0.2, 0.25) is 0 Å². The second kappa shape index (κ2) is 7.87. The molecule has 0 N–H and O–H groups in total. The third kappa shape index (κ3) is 3.12. The van der Waals surface area contributed by atoms with Crippen molar-refractivity contribution in [3.05, 3.63) is 95.1 Å². The summed E-state index contributed by atoms with van der Waals surface area (Å²) in [4.78, 5) is 13.4. The van der Waals surface area contributed by atoms with Crippen LogP contribution in [0.25, 0.3) is 10.8 Å². The molecular formula is C29H30O. The molecule has 2 aliphatic rings. The monoisotopic (exact) mass is 394 g/mol. The van der Waals surface area contributed by atoms with Gasteiger partial charge in [0, 0.05) is 17.4 Å². The maximum Gasteiger partial charge on any atom is 0.166 e. The van der Waals surface area contributed by atoms with Gasteiger partial charge in [0.1, 0.15) is 0 Å². The molecule has 0 spiro atoms. The molecule has 30 heavy (non-hydrogen) atoms. The van der Waals surface area contributed by atoms with Crippen molar-refractivity contribution >= 4 is 16.6 Å². The Balaban J connectivity index is 1.57. The van der Waals surface area contributed by atoms with Crippen LogP contribution in [0.5, 0.6) is 0 Å². The second-order valence-corrected chi connectivity index (χ2v) is 8.99. The number of carbonyl (C=O) groups is 1. The van der Waals surface area contributed by atoms with Crippen LogP contribution < -0.4 is 0 Å². The van der Waals surface area contributed by atoms with E-state index in [-0.39, 0.29) is 5.92 Å². The van der Waals surface area contributed by atoms with Crippen molar-refractivity contribution < 1.29 is 4.79 Å². The molecule has 1 saturated carbocycles. The van der Waals surface area contributed by atoms with Gasteiger partial charge in [-0.3, -0.25) is 4.79 Å². The quantitative estimate of drug-likeness (QED) is 0.298. The molecule has 0 heterocycles. The van der Waals surface area contributed by atoms with Crippen LogP contribution >= 0.6 is 0 Å². The van der Waals surface area contributed by atoms with Crippen LogP contribution in [0.3, 0.4) is 0 Å². The van der Waals surface area contributed by atoms with Crippen molar-refractivity contribution in [2.24, 2.45) is 17.8 Å². The van der Waals surface area contributed by atoms with Crippen molar-refractivity contribution in [1.29, 1.82) is 0 Å². The Morgan fingerprint density at radius 1 is 0.767 bits per heavy atom. The van der Waals surface area contributed by atoms with Crippen LogP contribution in [0.15, 0.2) is 83.9 Å². The van der Waals surface area contributed by atoms with Crippen molar-refractivity contribution in [1.82, 2.24) is 0 Å². The highest BCUT2D eigenvalue weighted by molar-refractivity contribution is 6.01. The van der Waals surface area contributed by atoms with E-state index in [9.17, 15) is 4.79 Å². The van der Waals surface area contributed by atoms with Crippen LogP contribution in [0.1, 0.15) is 61.4 Å². The van der Waals surface area contributed by atoms with Gasteiger partial charge in [-0.05, 0) is 41.0 Å². The molecule has 3 aromatic rings. The van der Waals surface area contributed by atoms with E-state index in [2.05, 4.69) is 56.3 Å². The lowest BCUT2D eigenvalue weighted by Crippen LogP contribution is -2.13. The summed E-state index contributed by atoms with van der Waals surface area (Å²) in [5, 5.41) is 2.59. The Morgan fingerprint density at radius 2 is 1.43 bits per heavy atom. The largest absolute Gasteiger partial charge is 0.294 e. The molecule has 0 bridgehead atoms. The van der Waals surface area contributed by atoms with Gasteiger partial charge in [-0.1, -0.05) is 111 Å². The molecule has 0 aromatic heterocycles. The van der Waals surface area contributed by atoms with E-state index in [0.717, 1.165) is 24.8 Å². The molecule has 152 valence electrons. The van der Waals surface area contributed by atoms with Gasteiger partial charge in [0.05, 0.1) is 0 Å². The number of Topliss-reactive ketones (excluding diaryl/α,β-unsaturated/α-hetero) is 1. The van der Waals surface area contributed by atoms with E-state index in [1.807, 2.05) is 30.3 Å². The number of carbonyl (C=O) groups excluding carboxylic acids is 1. The number of hydrogen-bond donors (Lipinski definition) is 0. The molecule has 0 unspecified atom stereocenters. The van der Waals surface area contributed by atoms with E-state index in [0.29, 0.717) is 23.5 Å². The van der Waals surface area contributed by atoms with Gasteiger partial charge < -0.3 is 0 Å². The number of benzene rings is 3. The molecule has 1 heteroatoms. The summed E-state index contributed by atoms with van der Waals surface area (Å²) < 4.78 is 0. The third-order valence-corrected chi connectivity index (χ3v) is 7.18.